The lowest BCUT2D eigenvalue weighted by molar-refractivity contribution is -0.146. The fourth-order valence-corrected chi connectivity index (χ4v) is 1.60. The Labute approximate surface area is 91.3 Å². The fraction of sp³-hybridized carbons (Fsp3) is 0.818. The minimum Gasteiger partial charge on any atom is -0.480 e. The van der Waals surface area contributed by atoms with Crippen LogP contribution in [0, 0.1) is 5.92 Å². The van der Waals surface area contributed by atoms with E-state index in [4.69, 9.17) is 5.11 Å². The largest absolute Gasteiger partial charge is 0.480 e. The number of amides is 1. The number of nitrogens with zero attached hydrogens (tertiary/aromatic N) is 1. The minimum absolute atomic E-state index is 0.0238. The van der Waals surface area contributed by atoms with Gasteiger partial charge in [-0.2, -0.15) is 0 Å². The van der Waals surface area contributed by atoms with Crippen molar-refractivity contribution < 1.29 is 14.7 Å². The molecule has 0 radical (unpaired) electrons. The van der Waals surface area contributed by atoms with Crippen LogP contribution in [0.4, 0.5) is 0 Å². The third-order valence-electron chi connectivity index (χ3n) is 2.47. The third kappa shape index (κ3) is 4.81. The first-order chi connectivity index (χ1) is 7.06. The Balaban J connectivity index is 4.45. The van der Waals surface area contributed by atoms with E-state index in [-0.39, 0.29) is 18.4 Å². The Morgan fingerprint density at radius 2 is 1.73 bits per heavy atom. The van der Waals surface area contributed by atoms with Gasteiger partial charge in [0.2, 0.25) is 5.91 Å². The van der Waals surface area contributed by atoms with Gasteiger partial charge in [-0.15, -0.1) is 0 Å². The van der Waals surface area contributed by atoms with Gasteiger partial charge in [0.15, 0.2) is 0 Å². The highest BCUT2D eigenvalue weighted by atomic mass is 16.4. The Morgan fingerprint density at radius 1 is 1.20 bits per heavy atom. The molecule has 4 nitrogen and oxygen atoms in total. The summed E-state index contributed by atoms with van der Waals surface area (Å²) < 4.78 is 0. The minimum atomic E-state index is -0.942. The number of carbonyl (C=O) groups excluding carboxylic acids is 1. The predicted octanol–water partition coefficient (Wildman–Crippen LogP) is 1.75. The molecule has 0 unspecified atom stereocenters. The summed E-state index contributed by atoms with van der Waals surface area (Å²) in [4.78, 5) is 23.9. The average Bonchev–Trinajstić information content (AvgIpc) is 2.18. The number of hydrogen-bond donors (Lipinski definition) is 1. The van der Waals surface area contributed by atoms with Crippen LogP contribution in [0.25, 0.3) is 0 Å². The molecule has 0 aromatic heterocycles. The molecule has 0 saturated carbocycles. The van der Waals surface area contributed by atoms with Crippen LogP contribution in [0.2, 0.25) is 0 Å². The average molecular weight is 215 g/mol. The van der Waals surface area contributed by atoms with Gasteiger partial charge in [-0.25, -0.2) is 0 Å². The summed E-state index contributed by atoms with van der Waals surface area (Å²) in [6.07, 6.45) is 2.34. The van der Waals surface area contributed by atoms with Crippen molar-refractivity contribution >= 4 is 11.9 Å². The fourth-order valence-electron chi connectivity index (χ4n) is 1.60. The molecule has 15 heavy (non-hydrogen) atoms. The number of carboxylic acid groups (broad SMARTS) is 1. The van der Waals surface area contributed by atoms with E-state index in [0.717, 1.165) is 19.3 Å². The molecule has 1 N–H and O–H groups in total. The van der Waals surface area contributed by atoms with Gasteiger partial charge in [0, 0.05) is 12.5 Å². The van der Waals surface area contributed by atoms with E-state index in [9.17, 15) is 9.59 Å². The summed E-state index contributed by atoms with van der Waals surface area (Å²) in [6, 6.07) is 0. The van der Waals surface area contributed by atoms with Gasteiger partial charge in [0.25, 0.3) is 0 Å². The van der Waals surface area contributed by atoms with Gasteiger partial charge in [-0.05, 0) is 19.3 Å². The van der Waals surface area contributed by atoms with E-state index < -0.39 is 5.97 Å². The molecular formula is C11H21NO3. The van der Waals surface area contributed by atoms with Crippen LogP contribution in [0.5, 0.6) is 0 Å². The molecule has 0 bridgehead atoms. The lowest BCUT2D eigenvalue weighted by atomic mass is 10.0. The number of carbonyl (C=O) groups is 2. The first-order valence-electron chi connectivity index (χ1n) is 5.57. The van der Waals surface area contributed by atoms with Crippen molar-refractivity contribution in [3.63, 3.8) is 0 Å². The molecule has 0 heterocycles. The second-order valence-corrected chi connectivity index (χ2v) is 3.67. The van der Waals surface area contributed by atoms with Crippen LogP contribution in [0.3, 0.4) is 0 Å². The zero-order valence-corrected chi connectivity index (χ0v) is 9.82. The summed E-state index contributed by atoms with van der Waals surface area (Å²) in [5, 5.41) is 8.69. The molecule has 0 fully saturated rings. The molecule has 0 aliphatic rings. The molecule has 1 amide bonds. The van der Waals surface area contributed by atoms with Crippen molar-refractivity contribution in [1.82, 2.24) is 4.90 Å². The zero-order chi connectivity index (χ0) is 11.8. The van der Waals surface area contributed by atoms with Crippen molar-refractivity contribution in [2.24, 2.45) is 5.92 Å². The monoisotopic (exact) mass is 215 g/mol. The highest BCUT2D eigenvalue weighted by molar-refractivity contribution is 5.83. The zero-order valence-electron chi connectivity index (χ0n) is 9.82. The van der Waals surface area contributed by atoms with Gasteiger partial charge in [0.1, 0.15) is 6.54 Å². The second-order valence-electron chi connectivity index (χ2n) is 3.67. The van der Waals surface area contributed by atoms with E-state index in [1.54, 1.807) is 0 Å². The predicted molar refractivity (Wildman–Crippen MR) is 58.6 cm³/mol. The molecule has 0 spiro atoms. The van der Waals surface area contributed by atoms with Gasteiger partial charge < -0.3 is 10.0 Å². The number of carboxylic acids is 1. The molecule has 88 valence electrons. The maximum Gasteiger partial charge on any atom is 0.323 e. The van der Waals surface area contributed by atoms with Gasteiger partial charge in [-0.3, -0.25) is 9.59 Å². The summed E-state index contributed by atoms with van der Waals surface area (Å²) in [6.45, 7) is 6.20. The molecule has 4 heteroatoms. The number of rotatable bonds is 7. The topological polar surface area (TPSA) is 57.6 Å². The van der Waals surface area contributed by atoms with Crippen LogP contribution >= 0.6 is 0 Å². The van der Waals surface area contributed by atoms with Gasteiger partial charge in [0.05, 0.1) is 0 Å². The lowest BCUT2D eigenvalue weighted by Crippen LogP contribution is -2.39. The Hall–Kier alpha value is -1.06. The maximum atomic E-state index is 11.9. The maximum absolute atomic E-state index is 11.9. The molecule has 0 atom stereocenters. The second kappa shape index (κ2) is 7.26. The Bertz CT molecular complexity index is 212. The van der Waals surface area contributed by atoms with Crippen LogP contribution in [0.1, 0.15) is 40.0 Å². The summed E-state index contributed by atoms with van der Waals surface area (Å²) in [5.74, 6) is -0.997. The Kier molecular flexibility index (Phi) is 6.75. The normalized spacial score (nSPS) is 10.4. The van der Waals surface area contributed by atoms with Crippen LogP contribution in [-0.2, 0) is 9.59 Å². The highest BCUT2D eigenvalue weighted by Crippen LogP contribution is 2.12. The summed E-state index contributed by atoms with van der Waals surface area (Å²) >= 11 is 0. The first kappa shape index (κ1) is 13.9. The molecule has 0 aliphatic carbocycles. The molecule has 0 aromatic rings. The quantitative estimate of drug-likeness (QED) is 0.703. The van der Waals surface area contributed by atoms with Gasteiger partial charge >= 0.3 is 5.97 Å². The SMILES string of the molecule is CCCN(CC(=O)O)C(=O)C(CC)CC. The lowest BCUT2D eigenvalue weighted by Gasteiger charge is -2.24. The molecule has 0 aliphatic heterocycles. The van der Waals surface area contributed by atoms with Crippen LogP contribution < -0.4 is 0 Å². The van der Waals surface area contributed by atoms with Crippen molar-refractivity contribution in [2.75, 3.05) is 13.1 Å². The van der Waals surface area contributed by atoms with Crippen molar-refractivity contribution in [3.8, 4) is 0 Å². The smallest absolute Gasteiger partial charge is 0.323 e. The molecule has 0 rings (SSSR count). The summed E-state index contributed by atoms with van der Waals surface area (Å²) in [7, 11) is 0. The highest BCUT2D eigenvalue weighted by Gasteiger charge is 2.22. The van der Waals surface area contributed by atoms with E-state index >= 15 is 0 Å². The van der Waals surface area contributed by atoms with Crippen LogP contribution in [0.15, 0.2) is 0 Å². The molecule has 0 aromatic carbocycles. The van der Waals surface area contributed by atoms with Crippen molar-refractivity contribution in [1.29, 1.82) is 0 Å². The number of hydrogen-bond acceptors (Lipinski definition) is 2. The van der Waals surface area contributed by atoms with Crippen LogP contribution in [-0.4, -0.2) is 35.0 Å². The van der Waals surface area contributed by atoms with Crippen molar-refractivity contribution in [3.05, 3.63) is 0 Å². The number of aliphatic carboxylic acids is 1. The first-order valence-corrected chi connectivity index (χ1v) is 5.57. The van der Waals surface area contributed by atoms with Gasteiger partial charge in [-0.1, -0.05) is 20.8 Å². The molecule has 0 saturated heterocycles. The van der Waals surface area contributed by atoms with E-state index in [1.807, 2.05) is 20.8 Å². The Morgan fingerprint density at radius 3 is 2.07 bits per heavy atom. The summed E-state index contributed by atoms with van der Waals surface area (Å²) in [5.41, 5.74) is 0. The standard InChI is InChI=1S/C11H21NO3/c1-4-7-12(8-10(13)14)11(15)9(5-2)6-3/h9H,4-8H2,1-3H3,(H,13,14). The van der Waals surface area contributed by atoms with E-state index in [1.165, 1.54) is 4.90 Å². The third-order valence-corrected chi connectivity index (χ3v) is 2.47. The van der Waals surface area contributed by atoms with E-state index in [2.05, 4.69) is 0 Å². The molecular weight excluding hydrogens is 194 g/mol. The van der Waals surface area contributed by atoms with Crippen molar-refractivity contribution in [2.45, 2.75) is 40.0 Å². The van der Waals surface area contributed by atoms with E-state index in [0.29, 0.717) is 6.54 Å².